The average molecular weight is 280 g/mol. The summed E-state index contributed by atoms with van der Waals surface area (Å²) in [4.78, 5) is 2.20. The van der Waals surface area contributed by atoms with Crippen molar-refractivity contribution in [1.82, 2.24) is 10.2 Å². The van der Waals surface area contributed by atoms with Crippen LogP contribution in [0.5, 0.6) is 11.5 Å². The summed E-state index contributed by atoms with van der Waals surface area (Å²) in [5, 5.41) is 3.46. The number of hydrogen-bond acceptors (Lipinski definition) is 4. The van der Waals surface area contributed by atoms with Crippen LogP contribution in [0, 0.1) is 0 Å². The van der Waals surface area contributed by atoms with Gasteiger partial charge in [-0.1, -0.05) is 6.07 Å². The second-order valence-electron chi connectivity index (χ2n) is 5.60. The maximum absolute atomic E-state index is 5.71. The molecule has 0 aliphatic carbocycles. The third-order valence-electron chi connectivity index (χ3n) is 3.24. The first-order valence-electron chi connectivity index (χ1n) is 7.14. The number of hydrogen-bond donors (Lipinski definition) is 1. The molecule has 1 aromatic rings. The van der Waals surface area contributed by atoms with Crippen molar-refractivity contribution in [2.45, 2.75) is 39.5 Å². The molecule has 0 saturated carbocycles. The molecule has 1 rings (SSSR count). The fraction of sp³-hybridized carbons (Fsp3) is 0.625. The van der Waals surface area contributed by atoms with Crippen LogP contribution in [0.3, 0.4) is 0 Å². The molecule has 0 saturated heterocycles. The van der Waals surface area contributed by atoms with Crippen molar-refractivity contribution < 1.29 is 9.47 Å². The van der Waals surface area contributed by atoms with E-state index in [1.54, 1.807) is 7.11 Å². The topological polar surface area (TPSA) is 33.7 Å². The normalized spacial score (nSPS) is 12.8. The molecule has 0 fully saturated rings. The zero-order valence-corrected chi connectivity index (χ0v) is 13.6. The molecule has 0 aliphatic heterocycles. The van der Waals surface area contributed by atoms with Gasteiger partial charge in [-0.25, -0.2) is 0 Å². The molecule has 0 amide bonds. The molecule has 0 aliphatic rings. The van der Waals surface area contributed by atoms with Gasteiger partial charge in [-0.3, -0.25) is 0 Å². The van der Waals surface area contributed by atoms with Crippen molar-refractivity contribution in [3.8, 4) is 11.5 Å². The van der Waals surface area contributed by atoms with Gasteiger partial charge < -0.3 is 19.7 Å². The predicted molar refractivity (Wildman–Crippen MR) is 83.6 cm³/mol. The molecule has 20 heavy (non-hydrogen) atoms. The molecule has 0 radical (unpaired) electrons. The highest BCUT2D eigenvalue weighted by molar-refractivity contribution is 5.43. The Labute approximate surface area is 123 Å². The standard InChI is InChI=1S/C16H28N2O2/c1-12(2)20-15-8-7-14(9-16(15)19-6)11-17-10-13(3)18(4)5/h7-9,12-13,17H,10-11H2,1-6H3. The molecule has 0 spiro atoms. The third-order valence-corrected chi connectivity index (χ3v) is 3.24. The molecule has 0 bridgehead atoms. The van der Waals surface area contributed by atoms with Gasteiger partial charge in [0, 0.05) is 19.1 Å². The first-order valence-corrected chi connectivity index (χ1v) is 7.14. The minimum atomic E-state index is 0.147. The monoisotopic (exact) mass is 280 g/mol. The maximum atomic E-state index is 5.71. The minimum absolute atomic E-state index is 0.147. The minimum Gasteiger partial charge on any atom is -0.493 e. The molecule has 1 N–H and O–H groups in total. The van der Waals surface area contributed by atoms with Gasteiger partial charge in [0.05, 0.1) is 13.2 Å². The van der Waals surface area contributed by atoms with Gasteiger partial charge in [0.2, 0.25) is 0 Å². The highest BCUT2D eigenvalue weighted by Crippen LogP contribution is 2.28. The molecule has 1 atom stereocenters. The van der Waals surface area contributed by atoms with Crippen LogP contribution < -0.4 is 14.8 Å². The Morgan fingerprint density at radius 2 is 1.85 bits per heavy atom. The van der Waals surface area contributed by atoms with Crippen molar-refractivity contribution in [2.75, 3.05) is 27.7 Å². The lowest BCUT2D eigenvalue weighted by molar-refractivity contribution is 0.230. The summed E-state index contributed by atoms with van der Waals surface area (Å²) in [6.45, 7) is 8.01. The number of methoxy groups -OCH3 is 1. The van der Waals surface area contributed by atoms with E-state index in [-0.39, 0.29) is 6.10 Å². The summed E-state index contributed by atoms with van der Waals surface area (Å²) < 4.78 is 11.1. The first kappa shape index (κ1) is 16.8. The smallest absolute Gasteiger partial charge is 0.161 e. The van der Waals surface area contributed by atoms with Crippen molar-refractivity contribution >= 4 is 0 Å². The molecule has 4 heteroatoms. The quantitative estimate of drug-likeness (QED) is 0.793. The zero-order chi connectivity index (χ0) is 15.1. The van der Waals surface area contributed by atoms with Crippen LogP contribution >= 0.6 is 0 Å². The lowest BCUT2D eigenvalue weighted by atomic mass is 10.2. The Morgan fingerprint density at radius 3 is 2.40 bits per heavy atom. The Kier molecular flexibility index (Phi) is 6.82. The van der Waals surface area contributed by atoms with Crippen LogP contribution in [0.2, 0.25) is 0 Å². The van der Waals surface area contributed by atoms with Crippen LogP contribution in [0.25, 0.3) is 0 Å². The van der Waals surface area contributed by atoms with Crippen molar-refractivity contribution in [3.63, 3.8) is 0 Å². The van der Waals surface area contributed by atoms with Crippen molar-refractivity contribution in [2.24, 2.45) is 0 Å². The van der Waals surface area contributed by atoms with E-state index >= 15 is 0 Å². The van der Waals surface area contributed by atoms with Gasteiger partial charge in [0.15, 0.2) is 11.5 Å². The van der Waals surface area contributed by atoms with E-state index in [2.05, 4.69) is 37.3 Å². The van der Waals surface area contributed by atoms with Gasteiger partial charge in [0.1, 0.15) is 0 Å². The number of nitrogens with zero attached hydrogens (tertiary/aromatic N) is 1. The third kappa shape index (κ3) is 5.39. The Balaban J connectivity index is 2.59. The molecule has 114 valence electrons. The Bertz CT molecular complexity index is 405. The number of ether oxygens (including phenoxy) is 2. The van der Waals surface area contributed by atoms with Crippen LogP contribution in [-0.2, 0) is 6.54 Å². The summed E-state index contributed by atoms with van der Waals surface area (Å²) >= 11 is 0. The summed E-state index contributed by atoms with van der Waals surface area (Å²) in [7, 11) is 5.86. The SMILES string of the molecule is COc1cc(CNCC(C)N(C)C)ccc1OC(C)C. The summed E-state index contributed by atoms with van der Waals surface area (Å²) in [5.74, 6) is 1.59. The lowest BCUT2D eigenvalue weighted by Gasteiger charge is -2.20. The molecule has 1 unspecified atom stereocenters. The second-order valence-corrected chi connectivity index (χ2v) is 5.60. The number of nitrogens with one attached hydrogen (secondary N) is 1. The van der Waals surface area contributed by atoms with Crippen LogP contribution in [0.15, 0.2) is 18.2 Å². The highest BCUT2D eigenvalue weighted by atomic mass is 16.5. The fourth-order valence-corrected chi connectivity index (χ4v) is 1.78. The molecular weight excluding hydrogens is 252 g/mol. The number of rotatable bonds is 8. The molecule has 0 aromatic heterocycles. The predicted octanol–water partition coefficient (Wildman–Crippen LogP) is 2.52. The lowest BCUT2D eigenvalue weighted by Crippen LogP contribution is -2.35. The van der Waals surface area contributed by atoms with Crippen molar-refractivity contribution in [3.05, 3.63) is 23.8 Å². The molecule has 4 nitrogen and oxygen atoms in total. The summed E-state index contributed by atoms with van der Waals surface area (Å²) in [6.07, 6.45) is 0.147. The molecule has 1 aromatic carbocycles. The fourth-order valence-electron chi connectivity index (χ4n) is 1.78. The van der Waals surface area contributed by atoms with Crippen LogP contribution in [0.4, 0.5) is 0 Å². The Hall–Kier alpha value is -1.26. The molecular formula is C16H28N2O2. The van der Waals surface area contributed by atoms with Crippen molar-refractivity contribution in [1.29, 1.82) is 0 Å². The van der Waals surface area contributed by atoms with Crippen LogP contribution in [-0.4, -0.2) is 44.8 Å². The van der Waals surface area contributed by atoms with E-state index in [9.17, 15) is 0 Å². The van der Waals surface area contributed by atoms with E-state index in [0.717, 1.165) is 24.6 Å². The van der Waals surface area contributed by atoms with Gasteiger partial charge in [-0.15, -0.1) is 0 Å². The summed E-state index contributed by atoms with van der Waals surface area (Å²) in [6, 6.07) is 6.60. The highest BCUT2D eigenvalue weighted by Gasteiger charge is 2.08. The van der Waals surface area contributed by atoms with Gasteiger partial charge in [-0.2, -0.15) is 0 Å². The van der Waals surface area contributed by atoms with E-state index in [4.69, 9.17) is 9.47 Å². The largest absolute Gasteiger partial charge is 0.493 e. The average Bonchev–Trinajstić information content (AvgIpc) is 2.39. The summed E-state index contributed by atoms with van der Waals surface area (Å²) in [5.41, 5.74) is 1.20. The molecule has 0 heterocycles. The van der Waals surface area contributed by atoms with E-state index in [0.29, 0.717) is 6.04 Å². The van der Waals surface area contributed by atoms with Gasteiger partial charge >= 0.3 is 0 Å². The van der Waals surface area contributed by atoms with E-state index in [1.165, 1.54) is 5.56 Å². The number of benzene rings is 1. The second kappa shape index (κ2) is 8.12. The van der Waals surface area contributed by atoms with Gasteiger partial charge in [-0.05, 0) is 52.6 Å². The number of likely N-dealkylation sites (N-methyl/N-ethyl adjacent to an activating group) is 1. The first-order chi connectivity index (χ1) is 9.43. The van der Waals surface area contributed by atoms with E-state index in [1.807, 2.05) is 26.0 Å². The van der Waals surface area contributed by atoms with Crippen LogP contribution in [0.1, 0.15) is 26.3 Å². The Morgan fingerprint density at radius 1 is 1.15 bits per heavy atom. The van der Waals surface area contributed by atoms with Gasteiger partial charge in [0.25, 0.3) is 0 Å². The maximum Gasteiger partial charge on any atom is 0.161 e. The van der Waals surface area contributed by atoms with E-state index < -0.39 is 0 Å². The zero-order valence-electron chi connectivity index (χ0n) is 13.6.